The van der Waals surface area contributed by atoms with E-state index in [9.17, 15) is 10.1 Å². The smallest absolute Gasteiger partial charge is 0.270 e. The van der Waals surface area contributed by atoms with Crippen molar-refractivity contribution in [2.24, 2.45) is 0 Å². The third-order valence-corrected chi connectivity index (χ3v) is 2.33. The highest BCUT2D eigenvalue weighted by Crippen LogP contribution is 2.26. The van der Waals surface area contributed by atoms with E-state index in [1.165, 1.54) is 18.4 Å². The Morgan fingerprint density at radius 3 is 2.69 bits per heavy atom. The predicted octanol–water partition coefficient (Wildman–Crippen LogP) is 2.87. The predicted molar refractivity (Wildman–Crippen MR) is 58.1 cm³/mol. The number of nitro groups is 1. The first-order valence-electron chi connectivity index (χ1n) is 4.75. The Morgan fingerprint density at radius 1 is 1.38 bits per heavy atom. The molecule has 5 heteroatoms. The third-order valence-electron chi connectivity index (χ3n) is 2.33. The number of aryl methyl sites for hydroxylation is 2. The molecule has 5 nitrogen and oxygen atoms in total. The van der Waals surface area contributed by atoms with E-state index in [0.29, 0.717) is 11.6 Å². The van der Waals surface area contributed by atoms with Gasteiger partial charge in [-0.25, -0.2) is 4.98 Å². The van der Waals surface area contributed by atoms with Crippen LogP contribution in [-0.4, -0.2) is 9.91 Å². The van der Waals surface area contributed by atoms with Gasteiger partial charge in [0, 0.05) is 24.6 Å². The van der Waals surface area contributed by atoms with Crippen molar-refractivity contribution in [1.82, 2.24) is 4.98 Å². The minimum Gasteiger partial charge on any atom is -0.449 e. The monoisotopic (exact) mass is 218 g/mol. The molecular weight excluding hydrogens is 208 g/mol. The minimum atomic E-state index is -0.421. The number of rotatable bonds is 2. The Labute approximate surface area is 91.9 Å². The van der Waals surface area contributed by atoms with Gasteiger partial charge >= 0.3 is 0 Å². The molecule has 0 atom stereocenters. The van der Waals surface area contributed by atoms with Crippen LogP contribution in [0.5, 0.6) is 0 Å². The fourth-order valence-electron chi connectivity index (χ4n) is 1.49. The number of nitro benzene ring substituents is 1. The van der Waals surface area contributed by atoms with Crippen LogP contribution in [0.2, 0.25) is 0 Å². The fourth-order valence-corrected chi connectivity index (χ4v) is 1.49. The van der Waals surface area contributed by atoms with Gasteiger partial charge in [-0.3, -0.25) is 10.1 Å². The molecule has 0 aliphatic rings. The van der Waals surface area contributed by atoms with Gasteiger partial charge in [-0.1, -0.05) is 6.07 Å². The van der Waals surface area contributed by atoms with Crippen LogP contribution in [-0.2, 0) is 0 Å². The van der Waals surface area contributed by atoms with E-state index < -0.39 is 4.92 Å². The average Bonchev–Trinajstić information content (AvgIpc) is 2.65. The highest BCUT2D eigenvalue weighted by Gasteiger charge is 2.12. The lowest BCUT2D eigenvalue weighted by Gasteiger charge is -2.01. The van der Waals surface area contributed by atoms with Crippen LogP contribution in [0.1, 0.15) is 11.5 Å². The normalized spacial score (nSPS) is 10.4. The molecule has 0 aliphatic carbocycles. The van der Waals surface area contributed by atoms with E-state index >= 15 is 0 Å². The van der Waals surface area contributed by atoms with E-state index in [-0.39, 0.29) is 5.69 Å². The molecule has 1 heterocycles. The molecule has 0 amide bonds. The van der Waals surface area contributed by atoms with Gasteiger partial charge in [0.15, 0.2) is 5.89 Å². The van der Waals surface area contributed by atoms with Crippen LogP contribution in [0, 0.1) is 24.0 Å². The van der Waals surface area contributed by atoms with E-state index in [1.807, 2.05) is 6.92 Å². The maximum atomic E-state index is 10.7. The van der Waals surface area contributed by atoms with Crippen molar-refractivity contribution in [3.8, 4) is 11.3 Å². The molecule has 2 aromatic rings. The zero-order valence-electron chi connectivity index (χ0n) is 8.93. The Kier molecular flexibility index (Phi) is 2.44. The molecule has 0 fully saturated rings. The van der Waals surface area contributed by atoms with Gasteiger partial charge in [-0.15, -0.1) is 0 Å². The lowest BCUT2D eigenvalue weighted by atomic mass is 10.1. The first kappa shape index (κ1) is 10.4. The Hall–Kier alpha value is -2.17. The van der Waals surface area contributed by atoms with Gasteiger partial charge < -0.3 is 4.42 Å². The summed E-state index contributed by atoms with van der Waals surface area (Å²) in [6.07, 6.45) is 1.50. The van der Waals surface area contributed by atoms with Gasteiger partial charge in [0.05, 0.1) is 4.92 Å². The second-order valence-corrected chi connectivity index (χ2v) is 3.51. The minimum absolute atomic E-state index is 0.0567. The van der Waals surface area contributed by atoms with E-state index in [2.05, 4.69) is 4.98 Å². The lowest BCUT2D eigenvalue weighted by molar-refractivity contribution is -0.384. The Bertz CT molecular complexity index is 546. The van der Waals surface area contributed by atoms with Crippen LogP contribution in [0.4, 0.5) is 5.69 Å². The van der Waals surface area contributed by atoms with E-state index in [4.69, 9.17) is 4.42 Å². The molecule has 1 aromatic carbocycles. The molecule has 82 valence electrons. The summed E-state index contributed by atoms with van der Waals surface area (Å²) < 4.78 is 5.09. The second-order valence-electron chi connectivity index (χ2n) is 3.51. The van der Waals surface area contributed by atoms with Gasteiger partial charge in [0.2, 0.25) is 0 Å². The molecule has 16 heavy (non-hydrogen) atoms. The highest BCUT2D eigenvalue weighted by molar-refractivity contribution is 5.65. The molecule has 0 radical (unpaired) electrons. The zero-order chi connectivity index (χ0) is 11.7. The van der Waals surface area contributed by atoms with Crippen molar-refractivity contribution in [3.63, 3.8) is 0 Å². The average molecular weight is 218 g/mol. The summed E-state index contributed by atoms with van der Waals surface area (Å²) in [7, 11) is 0. The number of non-ortho nitro benzene ring substituents is 1. The number of hydrogen-bond acceptors (Lipinski definition) is 4. The molecule has 0 unspecified atom stereocenters. The molecule has 0 N–H and O–H groups in total. The summed E-state index contributed by atoms with van der Waals surface area (Å²) in [5.41, 5.74) is 2.34. The number of benzene rings is 1. The van der Waals surface area contributed by atoms with Gasteiger partial charge in [-0.05, 0) is 12.5 Å². The van der Waals surface area contributed by atoms with Crippen molar-refractivity contribution in [2.45, 2.75) is 13.8 Å². The van der Waals surface area contributed by atoms with Crippen molar-refractivity contribution in [1.29, 1.82) is 0 Å². The Morgan fingerprint density at radius 2 is 2.12 bits per heavy atom. The second kappa shape index (κ2) is 3.77. The van der Waals surface area contributed by atoms with Gasteiger partial charge in [0.25, 0.3) is 5.69 Å². The highest BCUT2D eigenvalue weighted by atomic mass is 16.6. The number of nitrogens with zero attached hydrogens (tertiary/aromatic N) is 2. The van der Waals surface area contributed by atoms with Crippen LogP contribution in [0.25, 0.3) is 11.3 Å². The van der Waals surface area contributed by atoms with Crippen LogP contribution in [0.3, 0.4) is 0 Å². The molecule has 1 aromatic heterocycles. The quantitative estimate of drug-likeness (QED) is 0.574. The SMILES string of the molecule is Cc1nc(-c2cc([N+](=O)[O-])ccc2C)co1. The first-order valence-corrected chi connectivity index (χ1v) is 4.75. The summed E-state index contributed by atoms with van der Waals surface area (Å²) in [5.74, 6) is 0.543. The maximum absolute atomic E-state index is 10.7. The molecule has 0 saturated heterocycles. The van der Waals surface area contributed by atoms with Crippen molar-refractivity contribution >= 4 is 5.69 Å². The van der Waals surface area contributed by atoms with Crippen LogP contribution >= 0.6 is 0 Å². The molecule has 0 saturated carbocycles. The molecule has 0 aliphatic heterocycles. The summed E-state index contributed by atoms with van der Waals surface area (Å²) in [6.45, 7) is 3.61. The first-order chi connectivity index (χ1) is 7.58. The van der Waals surface area contributed by atoms with Crippen LogP contribution in [0.15, 0.2) is 28.9 Å². The van der Waals surface area contributed by atoms with Crippen LogP contribution < -0.4 is 0 Å². The lowest BCUT2D eigenvalue weighted by Crippen LogP contribution is -1.90. The van der Waals surface area contributed by atoms with Crippen molar-refractivity contribution in [3.05, 3.63) is 46.0 Å². The summed E-state index contributed by atoms with van der Waals surface area (Å²) in [6, 6.07) is 4.69. The maximum Gasteiger partial charge on any atom is 0.270 e. The number of oxazole rings is 1. The third kappa shape index (κ3) is 1.79. The molecule has 0 bridgehead atoms. The van der Waals surface area contributed by atoms with Gasteiger partial charge in [0.1, 0.15) is 12.0 Å². The zero-order valence-corrected chi connectivity index (χ0v) is 8.93. The summed E-state index contributed by atoms with van der Waals surface area (Å²) in [4.78, 5) is 14.4. The molecular formula is C11H10N2O3. The molecule has 0 spiro atoms. The summed E-state index contributed by atoms with van der Waals surface area (Å²) >= 11 is 0. The molecule has 2 rings (SSSR count). The van der Waals surface area contributed by atoms with Gasteiger partial charge in [-0.2, -0.15) is 0 Å². The van der Waals surface area contributed by atoms with E-state index in [0.717, 1.165) is 11.1 Å². The fraction of sp³-hybridized carbons (Fsp3) is 0.182. The standard InChI is InChI=1S/C11H10N2O3/c1-7-3-4-9(13(14)15)5-10(7)11-6-16-8(2)12-11/h3-6H,1-2H3. The van der Waals surface area contributed by atoms with Crippen molar-refractivity contribution < 1.29 is 9.34 Å². The number of hydrogen-bond donors (Lipinski definition) is 0. The van der Waals surface area contributed by atoms with E-state index in [1.54, 1.807) is 13.0 Å². The topological polar surface area (TPSA) is 69.2 Å². The largest absolute Gasteiger partial charge is 0.449 e. The summed E-state index contributed by atoms with van der Waals surface area (Å²) in [5, 5.41) is 10.7. The van der Waals surface area contributed by atoms with Crippen molar-refractivity contribution in [2.75, 3.05) is 0 Å². The number of aromatic nitrogens is 1. The Balaban J connectivity index is 2.55.